The van der Waals surface area contributed by atoms with Crippen LogP contribution in [-0.4, -0.2) is 20.5 Å². The van der Waals surface area contributed by atoms with Crippen molar-refractivity contribution < 1.29 is 18.9 Å². The molecule has 122 valence electrons. The van der Waals surface area contributed by atoms with E-state index in [0.29, 0.717) is 6.61 Å². The molecule has 0 saturated carbocycles. The second kappa shape index (κ2) is 6.82. The molecule has 1 atom stereocenters. The maximum atomic E-state index is 5.85. The van der Waals surface area contributed by atoms with Crippen LogP contribution in [0.4, 0.5) is 0 Å². The number of hydrogen-bond acceptors (Lipinski definition) is 4. The molecule has 1 aliphatic rings. The second-order valence-corrected chi connectivity index (χ2v) is 5.41. The summed E-state index contributed by atoms with van der Waals surface area (Å²) in [6.07, 6.45) is 0.964. The van der Waals surface area contributed by atoms with E-state index in [2.05, 4.69) is 19.1 Å². The van der Waals surface area contributed by atoms with Gasteiger partial charge in [-0.1, -0.05) is 19.1 Å². The van der Waals surface area contributed by atoms with Gasteiger partial charge in [-0.05, 0) is 37.1 Å². The van der Waals surface area contributed by atoms with Gasteiger partial charge < -0.3 is 18.9 Å². The fourth-order valence-electron chi connectivity index (χ4n) is 2.96. The van der Waals surface area contributed by atoms with Gasteiger partial charge in [-0.2, -0.15) is 0 Å². The van der Waals surface area contributed by atoms with Crippen LogP contribution in [0.2, 0.25) is 0 Å². The molecule has 0 spiro atoms. The summed E-state index contributed by atoms with van der Waals surface area (Å²) in [4.78, 5) is 0. The van der Waals surface area contributed by atoms with E-state index in [1.165, 1.54) is 5.56 Å². The predicted molar refractivity (Wildman–Crippen MR) is 88.9 cm³/mol. The third kappa shape index (κ3) is 3.07. The van der Waals surface area contributed by atoms with Gasteiger partial charge in [-0.25, -0.2) is 0 Å². The van der Waals surface area contributed by atoms with Crippen molar-refractivity contribution in [1.29, 1.82) is 0 Å². The van der Waals surface area contributed by atoms with Crippen LogP contribution in [-0.2, 0) is 0 Å². The molecule has 0 fully saturated rings. The highest BCUT2D eigenvalue weighted by Gasteiger charge is 2.23. The Hall–Kier alpha value is -2.36. The van der Waals surface area contributed by atoms with Gasteiger partial charge in [0.15, 0.2) is 11.5 Å². The summed E-state index contributed by atoms with van der Waals surface area (Å²) in [6.45, 7) is 5.05. The van der Waals surface area contributed by atoms with Crippen molar-refractivity contribution in [2.45, 2.75) is 26.2 Å². The molecule has 1 aliphatic heterocycles. The lowest BCUT2D eigenvalue weighted by atomic mass is 9.88. The Kier molecular flexibility index (Phi) is 4.60. The Morgan fingerprint density at radius 1 is 1.04 bits per heavy atom. The summed E-state index contributed by atoms with van der Waals surface area (Å²) >= 11 is 0. The molecule has 2 aromatic carbocycles. The normalized spacial score (nSPS) is 13.7. The average molecular weight is 314 g/mol. The molecule has 23 heavy (non-hydrogen) atoms. The van der Waals surface area contributed by atoms with E-state index >= 15 is 0 Å². The van der Waals surface area contributed by atoms with Crippen LogP contribution in [0.1, 0.15) is 37.3 Å². The Morgan fingerprint density at radius 3 is 2.35 bits per heavy atom. The van der Waals surface area contributed by atoms with E-state index in [0.717, 1.165) is 35.0 Å². The van der Waals surface area contributed by atoms with E-state index in [1.807, 2.05) is 31.2 Å². The summed E-state index contributed by atoms with van der Waals surface area (Å²) in [7, 11) is 1.68. The number of methoxy groups -OCH3 is 1. The van der Waals surface area contributed by atoms with Crippen LogP contribution in [0.25, 0.3) is 0 Å². The average Bonchev–Trinajstić information content (AvgIpc) is 3.04. The standard InChI is InChI=1S/C19H22O4/c1-4-15(13-6-8-14(20-3)9-7-13)16-10-18-19(23-12-22-18)11-17(16)21-5-2/h6-11,15H,4-5,12H2,1-3H3. The van der Waals surface area contributed by atoms with Crippen LogP contribution in [0.15, 0.2) is 36.4 Å². The Morgan fingerprint density at radius 2 is 1.74 bits per heavy atom. The third-order valence-corrected chi connectivity index (χ3v) is 4.11. The van der Waals surface area contributed by atoms with Gasteiger partial charge in [0.05, 0.1) is 13.7 Å². The minimum atomic E-state index is 0.233. The van der Waals surface area contributed by atoms with E-state index in [4.69, 9.17) is 18.9 Å². The molecule has 0 radical (unpaired) electrons. The van der Waals surface area contributed by atoms with Gasteiger partial charge in [0.25, 0.3) is 0 Å². The lowest BCUT2D eigenvalue weighted by molar-refractivity contribution is 0.173. The maximum absolute atomic E-state index is 5.85. The molecule has 1 heterocycles. The Balaban J connectivity index is 2.02. The van der Waals surface area contributed by atoms with E-state index in [9.17, 15) is 0 Å². The Bertz CT molecular complexity index is 664. The van der Waals surface area contributed by atoms with Gasteiger partial charge in [0, 0.05) is 17.5 Å². The van der Waals surface area contributed by atoms with Crippen molar-refractivity contribution in [2.75, 3.05) is 20.5 Å². The zero-order valence-electron chi connectivity index (χ0n) is 13.8. The van der Waals surface area contributed by atoms with Gasteiger partial charge >= 0.3 is 0 Å². The molecule has 0 saturated heterocycles. The summed E-state index contributed by atoms with van der Waals surface area (Å²) < 4.78 is 22.1. The van der Waals surface area contributed by atoms with Crippen molar-refractivity contribution >= 4 is 0 Å². The van der Waals surface area contributed by atoms with E-state index in [-0.39, 0.29) is 12.7 Å². The molecule has 1 unspecified atom stereocenters. The van der Waals surface area contributed by atoms with Crippen molar-refractivity contribution in [1.82, 2.24) is 0 Å². The number of ether oxygens (including phenoxy) is 4. The van der Waals surface area contributed by atoms with Gasteiger partial charge in [0.2, 0.25) is 6.79 Å². The zero-order chi connectivity index (χ0) is 16.2. The first-order valence-corrected chi connectivity index (χ1v) is 7.97. The van der Waals surface area contributed by atoms with Crippen LogP contribution in [0, 0.1) is 0 Å². The molecule has 4 heteroatoms. The largest absolute Gasteiger partial charge is 0.497 e. The number of hydrogen-bond donors (Lipinski definition) is 0. The molecule has 2 aromatic rings. The van der Waals surface area contributed by atoms with Gasteiger partial charge in [0.1, 0.15) is 11.5 Å². The lowest BCUT2D eigenvalue weighted by Gasteiger charge is -2.20. The minimum Gasteiger partial charge on any atom is -0.497 e. The summed E-state index contributed by atoms with van der Waals surface area (Å²) in [6, 6.07) is 12.2. The highest BCUT2D eigenvalue weighted by molar-refractivity contribution is 5.55. The van der Waals surface area contributed by atoms with Gasteiger partial charge in [-0.3, -0.25) is 0 Å². The van der Waals surface area contributed by atoms with Crippen molar-refractivity contribution in [3.8, 4) is 23.0 Å². The molecule has 4 nitrogen and oxygen atoms in total. The number of rotatable bonds is 6. The molecule has 0 amide bonds. The van der Waals surface area contributed by atoms with Crippen molar-refractivity contribution in [2.24, 2.45) is 0 Å². The summed E-state index contributed by atoms with van der Waals surface area (Å²) in [5, 5.41) is 0. The maximum Gasteiger partial charge on any atom is 0.231 e. The molecular weight excluding hydrogens is 292 g/mol. The first kappa shape index (κ1) is 15.5. The molecule has 0 aliphatic carbocycles. The molecule has 3 rings (SSSR count). The molecule has 0 aromatic heterocycles. The van der Waals surface area contributed by atoms with Crippen LogP contribution in [0.3, 0.4) is 0 Å². The smallest absolute Gasteiger partial charge is 0.231 e. The van der Waals surface area contributed by atoms with Crippen molar-refractivity contribution in [3.63, 3.8) is 0 Å². The van der Waals surface area contributed by atoms with Crippen molar-refractivity contribution in [3.05, 3.63) is 47.5 Å². The molecular formula is C19H22O4. The summed E-state index contributed by atoms with van der Waals surface area (Å²) in [5.74, 6) is 3.49. The number of fused-ring (bicyclic) bond motifs is 1. The van der Waals surface area contributed by atoms with Gasteiger partial charge in [-0.15, -0.1) is 0 Å². The summed E-state index contributed by atoms with van der Waals surface area (Å²) in [5.41, 5.74) is 2.36. The predicted octanol–water partition coefficient (Wildman–Crippen LogP) is 4.36. The third-order valence-electron chi connectivity index (χ3n) is 4.11. The fourth-order valence-corrected chi connectivity index (χ4v) is 2.96. The quantitative estimate of drug-likeness (QED) is 0.793. The van der Waals surface area contributed by atoms with Crippen LogP contribution in [0.5, 0.6) is 23.0 Å². The van der Waals surface area contributed by atoms with E-state index < -0.39 is 0 Å². The zero-order valence-corrected chi connectivity index (χ0v) is 13.8. The topological polar surface area (TPSA) is 36.9 Å². The first-order valence-electron chi connectivity index (χ1n) is 7.97. The lowest BCUT2D eigenvalue weighted by Crippen LogP contribution is -2.04. The first-order chi connectivity index (χ1) is 11.3. The monoisotopic (exact) mass is 314 g/mol. The molecule has 0 N–H and O–H groups in total. The fraction of sp³-hybridized carbons (Fsp3) is 0.368. The van der Waals surface area contributed by atoms with Crippen LogP contribution >= 0.6 is 0 Å². The Labute approximate surface area is 136 Å². The minimum absolute atomic E-state index is 0.233. The van der Waals surface area contributed by atoms with Crippen LogP contribution < -0.4 is 18.9 Å². The second-order valence-electron chi connectivity index (χ2n) is 5.41. The number of benzene rings is 2. The van der Waals surface area contributed by atoms with E-state index in [1.54, 1.807) is 7.11 Å². The highest BCUT2D eigenvalue weighted by Crippen LogP contribution is 2.43. The highest BCUT2D eigenvalue weighted by atomic mass is 16.7. The SMILES string of the molecule is CCOc1cc2c(cc1C(CC)c1ccc(OC)cc1)OCO2. The molecule has 0 bridgehead atoms.